The van der Waals surface area contributed by atoms with Crippen molar-refractivity contribution in [2.24, 2.45) is 0 Å². The molecule has 2 aromatic rings. The lowest BCUT2D eigenvalue weighted by Crippen LogP contribution is -2.46. The minimum atomic E-state index is -0.0558. The van der Waals surface area contributed by atoms with Gasteiger partial charge in [-0.25, -0.2) is 0 Å². The lowest BCUT2D eigenvalue weighted by molar-refractivity contribution is -0.125. The third kappa shape index (κ3) is 6.08. The monoisotopic (exact) mass is 381 g/mol. The molecule has 0 atom stereocenters. The summed E-state index contributed by atoms with van der Waals surface area (Å²) in [5, 5.41) is 2.97. The lowest BCUT2D eigenvalue weighted by Gasteiger charge is -2.36. The Hall–Kier alpha value is -2.37. The van der Waals surface area contributed by atoms with Crippen LogP contribution in [0.5, 0.6) is 0 Å². The van der Waals surface area contributed by atoms with Gasteiger partial charge in [-0.1, -0.05) is 49.4 Å². The molecule has 1 heterocycles. The quantitative estimate of drug-likeness (QED) is 0.678. The Balaban J connectivity index is 1.49. The van der Waals surface area contributed by atoms with Gasteiger partial charge in [-0.15, -0.1) is 0 Å². The zero-order valence-electron chi connectivity index (χ0n) is 16.8. The maximum atomic E-state index is 11.9. The first kappa shape index (κ1) is 20.4. The highest BCUT2D eigenvalue weighted by Crippen LogP contribution is 2.18. The summed E-state index contributed by atoms with van der Waals surface area (Å²) in [5.41, 5.74) is 3.76. The second kappa shape index (κ2) is 10.8. The van der Waals surface area contributed by atoms with E-state index in [0.717, 1.165) is 39.1 Å². The van der Waals surface area contributed by atoms with Crippen LogP contribution in [0.1, 0.15) is 24.5 Å². The Morgan fingerprint density at radius 1 is 0.964 bits per heavy atom. The fourth-order valence-electron chi connectivity index (χ4n) is 3.48. The molecule has 1 saturated heterocycles. The molecular weight excluding hydrogens is 350 g/mol. The number of amides is 1. The van der Waals surface area contributed by atoms with Crippen molar-refractivity contribution >= 4 is 11.6 Å². The number of carbonyl (C=O) groups excluding carboxylic acids is 1. The third-order valence-electron chi connectivity index (χ3n) is 5.06. The van der Waals surface area contributed by atoms with E-state index in [1.807, 2.05) is 13.0 Å². The predicted molar refractivity (Wildman–Crippen MR) is 113 cm³/mol. The normalized spacial score (nSPS) is 14.8. The number of piperazine rings is 1. The molecule has 5 nitrogen and oxygen atoms in total. The number of ether oxygens (including phenoxy) is 1. The van der Waals surface area contributed by atoms with Crippen LogP contribution in [0, 0.1) is 0 Å². The van der Waals surface area contributed by atoms with Crippen LogP contribution in [0.3, 0.4) is 0 Å². The highest BCUT2D eigenvalue weighted by molar-refractivity contribution is 5.77. The van der Waals surface area contributed by atoms with E-state index in [1.165, 1.54) is 16.8 Å². The summed E-state index contributed by atoms with van der Waals surface area (Å²) in [5.74, 6) is -0.0558. The zero-order valence-corrected chi connectivity index (χ0v) is 16.8. The molecule has 0 spiro atoms. The van der Waals surface area contributed by atoms with Gasteiger partial charge < -0.3 is 15.0 Å². The largest absolute Gasteiger partial charge is 0.372 e. The molecule has 2 aromatic carbocycles. The van der Waals surface area contributed by atoms with Crippen molar-refractivity contribution in [2.75, 3.05) is 44.3 Å². The molecule has 0 saturated carbocycles. The molecule has 0 aliphatic carbocycles. The summed E-state index contributed by atoms with van der Waals surface area (Å²) in [7, 11) is 0. The molecule has 1 fully saturated rings. The van der Waals surface area contributed by atoms with Gasteiger partial charge in [0.2, 0.25) is 5.91 Å². The number of anilines is 1. The highest BCUT2D eigenvalue weighted by Gasteiger charge is 2.18. The smallest absolute Gasteiger partial charge is 0.246 e. The Morgan fingerprint density at radius 2 is 1.64 bits per heavy atom. The maximum Gasteiger partial charge on any atom is 0.246 e. The molecule has 0 radical (unpaired) electrons. The van der Waals surface area contributed by atoms with E-state index in [2.05, 4.69) is 63.6 Å². The van der Waals surface area contributed by atoms with Crippen LogP contribution < -0.4 is 10.2 Å². The van der Waals surface area contributed by atoms with Crippen LogP contribution in [-0.4, -0.2) is 50.2 Å². The van der Waals surface area contributed by atoms with E-state index in [-0.39, 0.29) is 12.5 Å². The molecular formula is C23H31N3O2. The first-order chi connectivity index (χ1) is 13.8. The van der Waals surface area contributed by atoms with Crippen molar-refractivity contribution in [3.63, 3.8) is 0 Å². The average Bonchev–Trinajstić information content (AvgIpc) is 2.74. The Bertz CT molecular complexity index is 728. The number of carbonyl (C=O) groups is 1. The second-order valence-corrected chi connectivity index (χ2v) is 7.20. The maximum absolute atomic E-state index is 11.9. The van der Waals surface area contributed by atoms with Gasteiger partial charge in [0.05, 0.1) is 0 Å². The lowest BCUT2D eigenvalue weighted by atomic mass is 10.1. The van der Waals surface area contributed by atoms with Crippen molar-refractivity contribution in [3.05, 3.63) is 65.7 Å². The molecule has 1 amide bonds. The summed E-state index contributed by atoms with van der Waals surface area (Å²) in [6, 6.07) is 19.0. The first-order valence-corrected chi connectivity index (χ1v) is 10.2. The summed E-state index contributed by atoms with van der Waals surface area (Å²) in [6.45, 7) is 8.43. The van der Waals surface area contributed by atoms with Gasteiger partial charge in [0, 0.05) is 51.6 Å². The summed E-state index contributed by atoms with van der Waals surface area (Å²) in [4.78, 5) is 16.8. The van der Waals surface area contributed by atoms with Gasteiger partial charge in [-0.3, -0.25) is 9.69 Å². The number of nitrogens with one attached hydrogen (secondary N) is 1. The van der Waals surface area contributed by atoms with Crippen LogP contribution in [-0.2, 0) is 22.6 Å². The van der Waals surface area contributed by atoms with Crippen LogP contribution >= 0.6 is 0 Å². The van der Waals surface area contributed by atoms with Crippen molar-refractivity contribution in [3.8, 4) is 0 Å². The summed E-state index contributed by atoms with van der Waals surface area (Å²) < 4.78 is 5.31. The van der Waals surface area contributed by atoms with E-state index in [9.17, 15) is 4.79 Å². The molecule has 1 aliphatic heterocycles. The summed E-state index contributed by atoms with van der Waals surface area (Å²) >= 11 is 0. The van der Waals surface area contributed by atoms with E-state index in [0.29, 0.717) is 13.2 Å². The van der Waals surface area contributed by atoms with Gasteiger partial charge in [0.1, 0.15) is 6.61 Å². The Kier molecular flexibility index (Phi) is 7.88. The fraction of sp³-hybridized carbons (Fsp3) is 0.435. The topological polar surface area (TPSA) is 44.8 Å². The average molecular weight is 382 g/mol. The molecule has 1 N–H and O–H groups in total. The van der Waals surface area contributed by atoms with Gasteiger partial charge in [0.15, 0.2) is 0 Å². The predicted octanol–water partition coefficient (Wildman–Crippen LogP) is 3.05. The molecule has 28 heavy (non-hydrogen) atoms. The van der Waals surface area contributed by atoms with Crippen molar-refractivity contribution in [2.45, 2.75) is 26.4 Å². The highest BCUT2D eigenvalue weighted by atomic mass is 16.5. The number of rotatable bonds is 9. The molecule has 0 unspecified atom stereocenters. The van der Waals surface area contributed by atoms with Crippen LogP contribution in [0.15, 0.2) is 54.6 Å². The van der Waals surface area contributed by atoms with Crippen LogP contribution in [0.4, 0.5) is 5.69 Å². The number of hydrogen-bond donors (Lipinski definition) is 1. The van der Waals surface area contributed by atoms with Gasteiger partial charge in [-0.2, -0.15) is 0 Å². The second-order valence-electron chi connectivity index (χ2n) is 7.20. The van der Waals surface area contributed by atoms with Gasteiger partial charge in [0.25, 0.3) is 0 Å². The summed E-state index contributed by atoms with van der Waals surface area (Å²) in [6.07, 6.45) is 0.924. The van der Waals surface area contributed by atoms with Crippen LogP contribution in [0.2, 0.25) is 0 Å². The molecule has 5 heteroatoms. The van der Waals surface area contributed by atoms with Gasteiger partial charge in [-0.05, 0) is 29.7 Å². The van der Waals surface area contributed by atoms with E-state index >= 15 is 0 Å². The van der Waals surface area contributed by atoms with Crippen molar-refractivity contribution in [1.29, 1.82) is 0 Å². The first-order valence-electron chi connectivity index (χ1n) is 10.2. The molecule has 0 bridgehead atoms. The van der Waals surface area contributed by atoms with E-state index < -0.39 is 0 Å². The van der Waals surface area contributed by atoms with E-state index in [1.54, 1.807) is 0 Å². The van der Waals surface area contributed by atoms with Crippen molar-refractivity contribution in [1.82, 2.24) is 10.2 Å². The van der Waals surface area contributed by atoms with E-state index in [4.69, 9.17) is 4.74 Å². The number of hydrogen-bond acceptors (Lipinski definition) is 4. The van der Waals surface area contributed by atoms with Crippen LogP contribution in [0.25, 0.3) is 0 Å². The molecule has 0 aromatic heterocycles. The Labute approximate surface area is 168 Å². The molecule has 1 aliphatic rings. The standard InChI is InChI=1S/C23H31N3O2/c1-2-16-28-19-23(27)24-17-20-8-6-7-9-21(20)18-25-12-14-26(15-13-25)22-10-4-3-5-11-22/h3-11H,2,12-19H2,1H3,(H,24,27). The van der Waals surface area contributed by atoms with Crippen molar-refractivity contribution < 1.29 is 9.53 Å². The third-order valence-corrected chi connectivity index (χ3v) is 5.06. The Morgan fingerprint density at radius 3 is 2.36 bits per heavy atom. The SMILES string of the molecule is CCCOCC(=O)NCc1ccccc1CN1CCN(c2ccccc2)CC1. The number of benzene rings is 2. The minimum absolute atomic E-state index is 0.0558. The molecule has 3 rings (SSSR count). The fourth-order valence-corrected chi connectivity index (χ4v) is 3.48. The zero-order chi connectivity index (χ0) is 19.6. The number of nitrogens with zero attached hydrogens (tertiary/aromatic N) is 2. The number of para-hydroxylation sites is 1. The van der Waals surface area contributed by atoms with Gasteiger partial charge >= 0.3 is 0 Å². The molecule has 150 valence electrons. The minimum Gasteiger partial charge on any atom is -0.372 e.